The molecule has 3 rings (SSSR count). The third kappa shape index (κ3) is 4.10. The van der Waals surface area contributed by atoms with E-state index in [1.165, 1.54) is 16.2 Å². The maximum absolute atomic E-state index is 12.5. The molecule has 0 radical (unpaired) electrons. The summed E-state index contributed by atoms with van der Waals surface area (Å²) >= 11 is -0.421. The lowest BCUT2D eigenvalue weighted by Gasteiger charge is -2.13. The number of pyridine rings is 1. The lowest BCUT2D eigenvalue weighted by Crippen LogP contribution is -2.27. The van der Waals surface area contributed by atoms with Gasteiger partial charge in [-0.05, 0) is 36.0 Å². The maximum atomic E-state index is 12.5. The van der Waals surface area contributed by atoms with Crippen LogP contribution in [0.2, 0.25) is 0 Å². The SMILES string of the molecule is Cc1nc(N(C)C(=O)Cc2ccc(-c3ccccn3)cc2)sc1[S+](N)[O-]. The van der Waals surface area contributed by atoms with Crippen molar-refractivity contribution in [2.45, 2.75) is 17.6 Å². The minimum absolute atomic E-state index is 0.0984. The van der Waals surface area contributed by atoms with E-state index in [2.05, 4.69) is 9.97 Å². The fraction of sp³-hybridized carbons (Fsp3) is 0.167. The van der Waals surface area contributed by atoms with Gasteiger partial charge in [0, 0.05) is 18.8 Å². The minimum Gasteiger partial charge on any atom is -0.592 e. The molecule has 0 bridgehead atoms. The van der Waals surface area contributed by atoms with Crippen molar-refractivity contribution >= 4 is 33.7 Å². The third-order valence-electron chi connectivity index (χ3n) is 3.86. The third-order valence-corrected chi connectivity index (χ3v) is 6.29. The molecule has 0 aliphatic heterocycles. The van der Waals surface area contributed by atoms with E-state index in [-0.39, 0.29) is 12.3 Å². The van der Waals surface area contributed by atoms with Gasteiger partial charge in [-0.25, -0.2) is 4.98 Å². The zero-order valence-corrected chi connectivity index (χ0v) is 16.0. The molecule has 6 nitrogen and oxygen atoms in total. The van der Waals surface area contributed by atoms with Crippen molar-refractivity contribution in [2.24, 2.45) is 5.14 Å². The van der Waals surface area contributed by atoms with Crippen LogP contribution in [-0.2, 0) is 22.6 Å². The number of hydrogen-bond donors (Lipinski definition) is 1. The molecule has 1 unspecified atom stereocenters. The number of benzene rings is 1. The summed E-state index contributed by atoms with van der Waals surface area (Å²) in [5.41, 5.74) is 3.38. The van der Waals surface area contributed by atoms with Crippen LogP contribution in [-0.4, -0.2) is 27.5 Å². The Hall–Kier alpha value is -2.26. The van der Waals surface area contributed by atoms with Crippen molar-refractivity contribution in [1.82, 2.24) is 9.97 Å². The van der Waals surface area contributed by atoms with Gasteiger partial charge in [0.2, 0.25) is 5.91 Å². The minimum atomic E-state index is -1.60. The summed E-state index contributed by atoms with van der Waals surface area (Å²) in [6, 6.07) is 13.5. The van der Waals surface area contributed by atoms with Crippen LogP contribution in [0, 0.1) is 6.92 Å². The lowest BCUT2D eigenvalue weighted by molar-refractivity contribution is -0.117. The Morgan fingerprint density at radius 3 is 2.58 bits per heavy atom. The molecule has 26 heavy (non-hydrogen) atoms. The van der Waals surface area contributed by atoms with E-state index in [4.69, 9.17) is 5.14 Å². The molecule has 0 spiro atoms. The highest BCUT2D eigenvalue weighted by molar-refractivity contribution is 7.91. The van der Waals surface area contributed by atoms with Crippen LogP contribution in [0.3, 0.4) is 0 Å². The van der Waals surface area contributed by atoms with Crippen molar-refractivity contribution in [1.29, 1.82) is 0 Å². The average molecular weight is 387 g/mol. The molecule has 134 valence electrons. The highest BCUT2D eigenvalue weighted by atomic mass is 32.2. The molecule has 0 aliphatic carbocycles. The fourth-order valence-electron chi connectivity index (χ4n) is 2.43. The number of nitrogens with zero attached hydrogens (tertiary/aromatic N) is 3. The Bertz CT molecular complexity index is 895. The summed E-state index contributed by atoms with van der Waals surface area (Å²) in [5.74, 6) is -0.0984. The van der Waals surface area contributed by atoms with E-state index in [0.29, 0.717) is 15.0 Å². The van der Waals surface area contributed by atoms with Gasteiger partial charge in [-0.3, -0.25) is 14.7 Å². The number of hydrogen-bond acceptors (Lipinski definition) is 6. The Kier molecular flexibility index (Phi) is 5.67. The molecule has 1 aromatic carbocycles. The van der Waals surface area contributed by atoms with Crippen molar-refractivity contribution < 1.29 is 9.35 Å². The van der Waals surface area contributed by atoms with Gasteiger partial charge in [0.15, 0.2) is 5.13 Å². The summed E-state index contributed by atoms with van der Waals surface area (Å²) in [6.45, 7) is 1.73. The molecule has 0 fully saturated rings. The van der Waals surface area contributed by atoms with Crippen molar-refractivity contribution in [3.8, 4) is 11.3 Å². The number of amides is 1. The molecule has 0 saturated carbocycles. The summed E-state index contributed by atoms with van der Waals surface area (Å²) in [4.78, 5) is 22.6. The predicted octanol–water partition coefficient (Wildman–Crippen LogP) is 2.70. The van der Waals surface area contributed by atoms with E-state index in [1.807, 2.05) is 42.5 Å². The van der Waals surface area contributed by atoms with Gasteiger partial charge in [-0.2, -0.15) is 0 Å². The first-order valence-electron chi connectivity index (χ1n) is 7.86. The first kappa shape index (κ1) is 18.5. The first-order valence-corrected chi connectivity index (χ1v) is 9.89. The molecular weight excluding hydrogens is 368 g/mol. The van der Waals surface area contributed by atoms with E-state index in [9.17, 15) is 9.35 Å². The van der Waals surface area contributed by atoms with Gasteiger partial charge in [-0.15, -0.1) is 5.14 Å². The Labute approximate surface area is 159 Å². The summed E-state index contributed by atoms with van der Waals surface area (Å²) < 4.78 is 11.9. The number of carbonyl (C=O) groups excluding carboxylic acids is 1. The van der Waals surface area contributed by atoms with Crippen molar-refractivity contribution in [3.63, 3.8) is 0 Å². The summed E-state index contributed by atoms with van der Waals surface area (Å²) in [7, 11) is 1.66. The number of nitrogens with two attached hydrogens (primary N) is 1. The van der Waals surface area contributed by atoms with Gasteiger partial charge in [-0.1, -0.05) is 30.3 Å². The molecule has 2 aromatic heterocycles. The van der Waals surface area contributed by atoms with Crippen LogP contribution in [0.25, 0.3) is 11.3 Å². The molecule has 2 N–H and O–H groups in total. The zero-order chi connectivity index (χ0) is 18.7. The van der Waals surface area contributed by atoms with Gasteiger partial charge < -0.3 is 4.55 Å². The Balaban J connectivity index is 1.70. The number of anilines is 1. The lowest BCUT2D eigenvalue weighted by atomic mass is 10.1. The molecule has 0 saturated heterocycles. The predicted molar refractivity (Wildman–Crippen MR) is 104 cm³/mol. The number of rotatable bonds is 5. The highest BCUT2D eigenvalue weighted by Crippen LogP contribution is 2.28. The van der Waals surface area contributed by atoms with Crippen LogP contribution in [0.5, 0.6) is 0 Å². The smallest absolute Gasteiger partial charge is 0.252 e. The van der Waals surface area contributed by atoms with Crippen molar-refractivity contribution in [3.05, 3.63) is 59.9 Å². The second kappa shape index (κ2) is 7.96. The van der Waals surface area contributed by atoms with Crippen LogP contribution < -0.4 is 10.0 Å². The van der Waals surface area contributed by atoms with Crippen LogP contribution in [0.4, 0.5) is 5.13 Å². The van der Waals surface area contributed by atoms with Crippen LogP contribution in [0.1, 0.15) is 11.3 Å². The molecule has 0 aliphatic rings. The average Bonchev–Trinajstić information content (AvgIpc) is 3.04. The topological polar surface area (TPSA) is 95.2 Å². The normalized spacial score (nSPS) is 12.0. The quantitative estimate of drug-likeness (QED) is 0.680. The van der Waals surface area contributed by atoms with Gasteiger partial charge in [0.1, 0.15) is 5.69 Å². The van der Waals surface area contributed by atoms with E-state index in [1.54, 1.807) is 20.2 Å². The molecule has 2 heterocycles. The molecule has 8 heteroatoms. The monoisotopic (exact) mass is 386 g/mol. The maximum Gasteiger partial charge on any atom is 0.252 e. The number of aryl methyl sites for hydroxylation is 1. The second-order valence-electron chi connectivity index (χ2n) is 5.71. The molecule has 1 amide bonds. The van der Waals surface area contributed by atoms with Crippen molar-refractivity contribution in [2.75, 3.05) is 11.9 Å². The van der Waals surface area contributed by atoms with Gasteiger partial charge in [0.05, 0.1) is 23.5 Å². The first-order chi connectivity index (χ1) is 12.5. The molecule has 3 aromatic rings. The number of likely N-dealkylation sites (N-methyl/N-ethyl adjacent to an activating group) is 1. The van der Waals surface area contributed by atoms with Crippen LogP contribution >= 0.6 is 11.3 Å². The summed E-state index contributed by atoms with van der Waals surface area (Å²) in [5, 5.41) is 5.92. The highest BCUT2D eigenvalue weighted by Gasteiger charge is 2.22. The van der Waals surface area contributed by atoms with Gasteiger partial charge in [0.25, 0.3) is 4.21 Å². The zero-order valence-electron chi connectivity index (χ0n) is 14.4. The number of aromatic nitrogens is 2. The molecular formula is C18H18N4O2S2. The number of thiazole rings is 1. The molecule has 1 atom stereocenters. The standard InChI is InChI=1S/C18H18N4O2S2/c1-12-17(26(19)24)25-18(21-12)22(2)16(23)11-13-6-8-14(9-7-13)15-5-3-4-10-20-15/h3-10H,11,19H2,1-2H3. The van der Waals surface area contributed by atoms with E-state index >= 15 is 0 Å². The Morgan fingerprint density at radius 1 is 1.27 bits per heavy atom. The number of carbonyl (C=O) groups is 1. The largest absolute Gasteiger partial charge is 0.592 e. The summed E-state index contributed by atoms with van der Waals surface area (Å²) in [6.07, 6.45) is 2.00. The van der Waals surface area contributed by atoms with Gasteiger partial charge >= 0.3 is 0 Å². The fourth-order valence-corrected chi connectivity index (χ4v) is 4.09. The second-order valence-corrected chi connectivity index (χ2v) is 7.95. The van der Waals surface area contributed by atoms with E-state index in [0.717, 1.165) is 16.8 Å². The van der Waals surface area contributed by atoms with E-state index < -0.39 is 11.4 Å². The van der Waals surface area contributed by atoms with Crippen LogP contribution in [0.15, 0.2) is 52.9 Å². The Morgan fingerprint density at radius 2 is 2.00 bits per heavy atom.